The first kappa shape index (κ1) is 52.3. The molecule has 3 unspecified atom stereocenters. The van der Waals surface area contributed by atoms with Crippen LogP contribution in [0.25, 0.3) is 16.8 Å². The maximum atomic E-state index is 15.2. The fourth-order valence-corrected chi connectivity index (χ4v) is 13.9. The van der Waals surface area contributed by atoms with E-state index >= 15 is 4.79 Å². The summed E-state index contributed by atoms with van der Waals surface area (Å²) in [4.78, 5) is 39.2. The first-order valence-electron chi connectivity index (χ1n) is 28.6. The number of anilines is 1. The quantitative estimate of drug-likeness (QED) is 0.113. The van der Waals surface area contributed by atoms with Gasteiger partial charge in [-0.05, 0) is 166 Å². The van der Waals surface area contributed by atoms with E-state index in [0.717, 1.165) is 106 Å². The van der Waals surface area contributed by atoms with Gasteiger partial charge in [-0.15, -0.1) is 0 Å². The van der Waals surface area contributed by atoms with Crippen LogP contribution >= 0.6 is 11.6 Å². The van der Waals surface area contributed by atoms with Gasteiger partial charge in [0.2, 0.25) is 5.91 Å². The minimum Gasteiger partial charge on any atom is -0.341 e. The fraction of sp³-hybridized carbons (Fsp3) is 0.358. The Labute approximate surface area is 470 Å². The Balaban J connectivity index is 0.769. The van der Waals surface area contributed by atoms with Crippen LogP contribution in [-0.2, 0) is 11.3 Å². The third kappa shape index (κ3) is 10.8. The molecule has 5 aliphatic rings. The van der Waals surface area contributed by atoms with Crippen LogP contribution in [0.15, 0.2) is 169 Å². The van der Waals surface area contributed by atoms with E-state index in [4.69, 9.17) is 21.8 Å². The van der Waals surface area contributed by atoms with Crippen molar-refractivity contribution in [2.24, 2.45) is 16.4 Å². The Morgan fingerprint density at radius 1 is 0.671 bits per heavy atom. The highest BCUT2D eigenvalue weighted by Crippen LogP contribution is 2.45. The van der Waals surface area contributed by atoms with E-state index in [0.29, 0.717) is 47.7 Å². The van der Waals surface area contributed by atoms with Crippen LogP contribution in [0.4, 0.5) is 5.69 Å². The van der Waals surface area contributed by atoms with Gasteiger partial charge in [0.1, 0.15) is 5.41 Å². The fourth-order valence-electron chi connectivity index (χ4n) is 13.7. The maximum Gasteiger partial charge on any atom is 0.257 e. The molecule has 0 saturated carbocycles. The molecule has 0 bridgehead atoms. The van der Waals surface area contributed by atoms with E-state index in [9.17, 15) is 10.1 Å². The Kier molecular flexibility index (Phi) is 15.1. The standard InChI is InChI=1S/C67H70ClN9O2/c1-47(50-11-5-3-6-12-50)73-35-29-53(30-36-73)64-67(2,46-71-77(64)60-25-23-59(68)24-26-60)66(79)75-38-32-58(45-75)55-16-9-15-54(39-55)56-17-10-18-61(40-56)76-63(52-27-33-72(34-28-52)43-49-21-19-48(41-69)20-22-49)62(42-70-76)65(78)74-37-31-57(44-74)51-13-7-4-8-14-51/h3-26,39-40,42,46-47,52-53,57-58,64H,27-38,43-45H2,1-2H3/t47?,57-,58-,64?,67?/m0/s1. The number of nitriles is 1. The first-order chi connectivity index (χ1) is 38.6. The van der Waals surface area contributed by atoms with Crippen molar-refractivity contribution in [2.75, 3.05) is 57.4 Å². The molecule has 2 amide bonds. The molecule has 4 saturated heterocycles. The van der Waals surface area contributed by atoms with Crippen molar-refractivity contribution in [2.45, 2.75) is 88.8 Å². The van der Waals surface area contributed by atoms with E-state index in [1.165, 1.54) is 22.3 Å². The molecule has 0 N–H and O–H groups in total. The summed E-state index contributed by atoms with van der Waals surface area (Å²) in [6, 6.07) is 57.0. The molecule has 12 heteroatoms. The van der Waals surface area contributed by atoms with Gasteiger partial charge in [-0.2, -0.15) is 15.5 Å². The van der Waals surface area contributed by atoms with Crippen LogP contribution in [0.2, 0.25) is 5.02 Å². The number of carbonyl (C=O) groups is 2. The molecular weight excluding hydrogens is 998 g/mol. The van der Waals surface area contributed by atoms with Crippen molar-refractivity contribution >= 4 is 35.3 Å². The van der Waals surface area contributed by atoms with Crippen LogP contribution < -0.4 is 5.01 Å². The van der Waals surface area contributed by atoms with Gasteiger partial charge in [0, 0.05) is 67.8 Å². The predicted molar refractivity (Wildman–Crippen MR) is 315 cm³/mol. The van der Waals surface area contributed by atoms with Crippen LogP contribution in [0.3, 0.4) is 0 Å². The molecule has 11 nitrogen and oxygen atoms in total. The lowest BCUT2D eigenvalue weighted by molar-refractivity contribution is -0.137. The topological polar surface area (TPSA) is 104 Å². The molecule has 12 rings (SSSR count). The summed E-state index contributed by atoms with van der Waals surface area (Å²) in [6.07, 6.45) is 9.34. The lowest BCUT2D eigenvalue weighted by Crippen LogP contribution is -2.55. The van der Waals surface area contributed by atoms with Crippen molar-refractivity contribution in [1.82, 2.24) is 29.4 Å². The highest BCUT2D eigenvalue weighted by atomic mass is 35.5. The minimum absolute atomic E-state index is 0.0609. The normalized spacial score (nSPS) is 22.6. The van der Waals surface area contributed by atoms with E-state index in [1.807, 2.05) is 59.8 Å². The van der Waals surface area contributed by atoms with Crippen LogP contribution in [0, 0.1) is 22.7 Å². The number of aromatic nitrogens is 2. The van der Waals surface area contributed by atoms with Crippen molar-refractivity contribution in [3.63, 3.8) is 0 Å². The molecule has 5 atom stereocenters. The van der Waals surface area contributed by atoms with E-state index in [-0.39, 0.29) is 35.6 Å². The number of likely N-dealkylation sites (tertiary alicyclic amines) is 4. The minimum atomic E-state index is -0.813. The molecule has 4 fully saturated rings. The molecule has 402 valence electrons. The molecule has 6 aromatic carbocycles. The molecule has 7 aromatic rings. The SMILES string of the molecule is CC(c1ccccc1)N1CCC(C2N(c3ccc(Cl)cc3)N=CC2(C)C(=O)N2CC[C@H](c3cccc(-c4cccc(-n5ncc(C(=O)N6CC[C@H](c7ccccc7)C6)c5C5CCN(Cc6ccc(C#N)cc6)CC5)c4)c3)C2)CC1. The highest BCUT2D eigenvalue weighted by molar-refractivity contribution is 6.30. The molecule has 1 aromatic heterocycles. The zero-order valence-electron chi connectivity index (χ0n) is 45.5. The van der Waals surface area contributed by atoms with E-state index < -0.39 is 5.41 Å². The number of hydrogen-bond donors (Lipinski definition) is 0. The zero-order valence-corrected chi connectivity index (χ0v) is 46.2. The second-order valence-electron chi connectivity index (χ2n) is 23.0. The average Bonchev–Trinajstić information content (AvgIpc) is 4.44. The van der Waals surface area contributed by atoms with Gasteiger partial charge < -0.3 is 9.80 Å². The molecule has 6 heterocycles. The summed E-state index contributed by atoms with van der Waals surface area (Å²) in [5.74, 6) is 1.11. The van der Waals surface area contributed by atoms with E-state index in [1.54, 1.807) is 0 Å². The smallest absolute Gasteiger partial charge is 0.257 e. The highest BCUT2D eigenvalue weighted by Gasteiger charge is 2.54. The average molecular weight is 1070 g/mol. The summed E-state index contributed by atoms with van der Waals surface area (Å²) in [5, 5.41) is 22.3. The number of halogens is 1. The third-order valence-corrected chi connectivity index (χ3v) is 18.5. The molecule has 5 aliphatic heterocycles. The van der Waals surface area contributed by atoms with Crippen LogP contribution in [-0.4, -0.2) is 106 Å². The molecule has 0 radical (unpaired) electrons. The Bertz CT molecular complexity index is 3340. The van der Waals surface area contributed by atoms with Crippen LogP contribution in [0.1, 0.15) is 120 Å². The molecular formula is C67H70ClN9O2. The number of benzene rings is 6. The lowest BCUT2D eigenvalue weighted by Gasteiger charge is -2.44. The third-order valence-electron chi connectivity index (χ3n) is 18.2. The first-order valence-corrected chi connectivity index (χ1v) is 29.0. The Morgan fingerprint density at radius 3 is 2.03 bits per heavy atom. The summed E-state index contributed by atoms with van der Waals surface area (Å²) in [6.45, 7) is 11.7. The van der Waals surface area contributed by atoms with Crippen molar-refractivity contribution in [1.29, 1.82) is 5.26 Å². The summed E-state index contributed by atoms with van der Waals surface area (Å²) in [5.41, 5.74) is 10.7. The van der Waals surface area contributed by atoms with Crippen molar-refractivity contribution in [3.8, 4) is 22.9 Å². The van der Waals surface area contributed by atoms with Crippen molar-refractivity contribution < 1.29 is 9.59 Å². The Morgan fingerprint density at radius 2 is 1.30 bits per heavy atom. The second kappa shape index (κ2) is 22.8. The molecule has 0 spiro atoms. The number of hydrogen-bond acceptors (Lipinski definition) is 8. The van der Waals surface area contributed by atoms with Crippen LogP contribution in [0.5, 0.6) is 0 Å². The van der Waals surface area contributed by atoms with Gasteiger partial charge in [0.25, 0.3) is 5.91 Å². The number of nitrogens with zero attached hydrogens (tertiary/aromatic N) is 9. The monoisotopic (exact) mass is 1070 g/mol. The lowest BCUT2D eigenvalue weighted by atomic mass is 9.72. The number of carbonyl (C=O) groups excluding carboxylic acids is 2. The summed E-state index contributed by atoms with van der Waals surface area (Å²) >= 11 is 6.39. The maximum absolute atomic E-state index is 15.2. The number of hydrazone groups is 1. The van der Waals surface area contributed by atoms with Gasteiger partial charge in [-0.25, -0.2) is 4.68 Å². The molecule has 0 aliphatic carbocycles. The Hall–Kier alpha value is -7.36. The number of piperidine rings is 2. The molecule has 79 heavy (non-hydrogen) atoms. The predicted octanol–water partition coefficient (Wildman–Crippen LogP) is 12.7. The van der Waals surface area contributed by atoms with Gasteiger partial charge >= 0.3 is 0 Å². The second-order valence-corrected chi connectivity index (χ2v) is 23.5. The largest absolute Gasteiger partial charge is 0.341 e. The summed E-state index contributed by atoms with van der Waals surface area (Å²) in [7, 11) is 0. The van der Waals surface area contributed by atoms with Gasteiger partial charge in [-0.1, -0.05) is 121 Å². The summed E-state index contributed by atoms with van der Waals surface area (Å²) < 4.78 is 2.05. The van der Waals surface area contributed by atoms with Gasteiger partial charge in [0.15, 0.2) is 0 Å². The van der Waals surface area contributed by atoms with Gasteiger partial charge in [-0.3, -0.25) is 24.4 Å². The van der Waals surface area contributed by atoms with Crippen molar-refractivity contribution in [3.05, 3.63) is 208 Å². The van der Waals surface area contributed by atoms with E-state index in [2.05, 4.69) is 160 Å². The zero-order chi connectivity index (χ0) is 54.0. The number of amides is 2. The number of rotatable bonds is 13. The van der Waals surface area contributed by atoms with Gasteiger partial charge in [0.05, 0.1) is 46.5 Å².